The molecule has 0 unspecified atom stereocenters. The lowest BCUT2D eigenvalue weighted by Crippen LogP contribution is -2.19. The average Bonchev–Trinajstić information content (AvgIpc) is 3.23. The van der Waals surface area contributed by atoms with Crippen molar-refractivity contribution in [1.29, 1.82) is 0 Å². The molecule has 0 aromatic carbocycles. The molecule has 120 valence electrons. The van der Waals surface area contributed by atoms with Gasteiger partial charge in [0.15, 0.2) is 0 Å². The third-order valence-corrected chi connectivity index (χ3v) is 4.31. The molecule has 0 radical (unpaired) electrons. The van der Waals surface area contributed by atoms with Crippen molar-refractivity contribution in [2.75, 3.05) is 18.5 Å². The first-order chi connectivity index (χ1) is 11.3. The second kappa shape index (κ2) is 6.22. The van der Waals surface area contributed by atoms with Crippen LogP contribution in [0.1, 0.15) is 24.6 Å². The quantitative estimate of drug-likeness (QED) is 0.739. The Balaban J connectivity index is 1.66. The van der Waals surface area contributed by atoms with Gasteiger partial charge in [0.25, 0.3) is 0 Å². The molecule has 23 heavy (non-hydrogen) atoms. The van der Waals surface area contributed by atoms with Crippen molar-refractivity contribution in [3.8, 4) is 0 Å². The summed E-state index contributed by atoms with van der Waals surface area (Å²) in [5, 5.41) is 4.49. The highest BCUT2D eigenvalue weighted by Gasteiger charge is 2.19. The third kappa shape index (κ3) is 2.92. The van der Waals surface area contributed by atoms with Crippen LogP contribution < -0.4 is 5.32 Å². The molecule has 1 N–H and O–H groups in total. The van der Waals surface area contributed by atoms with Crippen molar-refractivity contribution >= 4 is 28.5 Å². The highest BCUT2D eigenvalue weighted by atomic mass is 35.5. The van der Waals surface area contributed by atoms with E-state index in [2.05, 4.69) is 26.0 Å². The van der Waals surface area contributed by atoms with E-state index in [0.29, 0.717) is 12.6 Å². The van der Waals surface area contributed by atoms with Gasteiger partial charge in [-0.15, -0.1) is 0 Å². The zero-order chi connectivity index (χ0) is 15.6. The van der Waals surface area contributed by atoms with E-state index in [1.165, 1.54) is 0 Å². The minimum Gasteiger partial charge on any atom is -0.467 e. The summed E-state index contributed by atoms with van der Waals surface area (Å²) >= 11 is 6.13. The number of aromatic nitrogens is 3. The Morgan fingerprint density at radius 3 is 2.91 bits per heavy atom. The second-order valence-electron chi connectivity index (χ2n) is 5.58. The number of hydrogen-bond donors (Lipinski definition) is 1. The van der Waals surface area contributed by atoms with E-state index in [4.69, 9.17) is 20.8 Å². The molecule has 0 saturated carbocycles. The monoisotopic (exact) mass is 332 g/mol. The fourth-order valence-corrected chi connectivity index (χ4v) is 3.15. The molecule has 3 aromatic rings. The lowest BCUT2D eigenvalue weighted by Gasteiger charge is -2.24. The van der Waals surface area contributed by atoms with Gasteiger partial charge in [-0.2, -0.15) is 4.98 Å². The smallest absolute Gasteiger partial charge is 0.226 e. The van der Waals surface area contributed by atoms with Gasteiger partial charge in [-0.3, -0.25) is 0 Å². The number of fused-ring (bicyclic) bond motifs is 1. The number of anilines is 1. The molecule has 4 heterocycles. The molecule has 0 atom stereocenters. The molecule has 3 aromatic heterocycles. The highest BCUT2D eigenvalue weighted by Crippen LogP contribution is 2.29. The highest BCUT2D eigenvalue weighted by molar-refractivity contribution is 6.28. The van der Waals surface area contributed by atoms with E-state index in [-0.39, 0.29) is 5.28 Å². The maximum atomic E-state index is 6.13. The number of hydrogen-bond acceptors (Lipinski definition) is 5. The Hall–Kier alpha value is -2.05. The Bertz CT molecular complexity index is 794. The predicted molar refractivity (Wildman–Crippen MR) is 87.7 cm³/mol. The Morgan fingerprint density at radius 1 is 1.26 bits per heavy atom. The summed E-state index contributed by atoms with van der Waals surface area (Å²) in [4.78, 5) is 8.75. The molecule has 0 spiro atoms. The SMILES string of the molecule is Clc1nc(NCc2ccco2)c2ccn(C3CCOCC3)c2n1. The summed E-state index contributed by atoms with van der Waals surface area (Å²) < 4.78 is 13.0. The first kappa shape index (κ1) is 14.5. The van der Waals surface area contributed by atoms with Gasteiger partial charge in [0.05, 0.1) is 18.2 Å². The van der Waals surface area contributed by atoms with Crippen molar-refractivity contribution in [3.63, 3.8) is 0 Å². The standard InChI is InChI=1S/C16H17ClN4O2/c17-16-19-14(18-10-12-2-1-7-23-12)13-3-6-21(15(13)20-16)11-4-8-22-9-5-11/h1-3,6-7,11H,4-5,8-10H2,(H,18,19,20). The minimum absolute atomic E-state index is 0.242. The van der Waals surface area contributed by atoms with Gasteiger partial charge >= 0.3 is 0 Å². The molecule has 1 fully saturated rings. The molecule has 1 aliphatic heterocycles. The molecular formula is C16H17ClN4O2. The summed E-state index contributed by atoms with van der Waals surface area (Å²) in [5.41, 5.74) is 0.860. The number of ether oxygens (including phenoxy) is 1. The van der Waals surface area contributed by atoms with Gasteiger partial charge in [0, 0.05) is 25.5 Å². The molecule has 0 amide bonds. The van der Waals surface area contributed by atoms with Crippen LogP contribution in [0.5, 0.6) is 0 Å². The van der Waals surface area contributed by atoms with Crippen molar-refractivity contribution in [3.05, 3.63) is 41.7 Å². The minimum atomic E-state index is 0.242. The maximum absolute atomic E-state index is 6.13. The number of rotatable bonds is 4. The van der Waals surface area contributed by atoms with Crippen molar-refractivity contribution < 1.29 is 9.15 Å². The van der Waals surface area contributed by atoms with Crippen LogP contribution in [0.3, 0.4) is 0 Å². The zero-order valence-corrected chi connectivity index (χ0v) is 13.3. The Kier molecular flexibility index (Phi) is 3.93. The van der Waals surface area contributed by atoms with Crippen LogP contribution in [0.2, 0.25) is 5.28 Å². The van der Waals surface area contributed by atoms with Crippen LogP contribution in [0, 0.1) is 0 Å². The third-order valence-electron chi connectivity index (χ3n) is 4.14. The zero-order valence-electron chi connectivity index (χ0n) is 12.5. The van der Waals surface area contributed by atoms with Gasteiger partial charge in [-0.1, -0.05) is 0 Å². The van der Waals surface area contributed by atoms with Gasteiger partial charge in [0.1, 0.15) is 17.2 Å². The Labute approximate surface area is 138 Å². The van der Waals surface area contributed by atoms with E-state index in [1.807, 2.05) is 18.2 Å². The summed E-state index contributed by atoms with van der Waals surface area (Å²) in [5.74, 6) is 1.57. The number of halogens is 1. The lowest BCUT2D eigenvalue weighted by atomic mass is 10.1. The molecule has 4 rings (SSSR count). The normalized spacial score (nSPS) is 16.0. The van der Waals surface area contributed by atoms with Crippen molar-refractivity contribution in [2.45, 2.75) is 25.4 Å². The number of nitrogens with one attached hydrogen (secondary N) is 1. The van der Waals surface area contributed by atoms with Crippen LogP contribution in [0.4, 0.5) is 5.82 Å². The van der Waals surface area contributed by atoms with Gasteiger partial charge in [0.2, 0.25) is 5.28 Å². The maximum Gasteiger partial charge on any atom is 0.226 e. The predicted octanol–water partition coefficient (Wildman–Crippen LogP) is 3.64. The second-order valence-corrected chi connectivity index (χ2v) is 5.92. The largest absolute Gasteiger partial charge is 0.467 e. The molecule has 0 bridgehead atoms. The Morgan fingerprint density at radius 2 is 2.13 bits per heavy atom. The number of nitrogens with zero attached hydrogens (tertiary/aromatic N) is 3. The van der Waals surface area contributed by atoms with E-state index in [9.17, 15) is 0 Å². The summed E-state index contributed by atoms with van der Waals surface area (Å²) in [7, 11) is 0. The van der Waals surface area contributed by atoms with E-state index >= 15 is 0 Å². The fraction of sp³-hybridized carbons (Fsp3) is 0.375. The van der Waals surface area contributed by atoms with Crippen LogP contribution >= 0.6 is 11.6 Å². The summed E-state index contributed by atoms with van der Waals surface area (Å²) in [6, 6.07) is 6.21. The first-order valence-corrected chi connectivity index (χ1v) is 8.07. The van der Waals surface area contributed by atoms with Crippen LogP contribution in [0.25, 0.3) is 11.0 Å². The van der Waals surface area contributed by atoms with Gasteiger partial charge < -0.3 is 19.0 Å². The molecule has 0 aliphatic carbocycles. The molecule has 6 nitrogen and oxygen atoms in total. The lowest BCUT2D eigenvalue weighted by molar-refractivity contribution is 0.0706. The van der Waals surface area contributed by atoms with Crippen LogP contribution in [-0.2, 0) is 11.3 Å². The summed E-state index contributed by atoms with van der Waals surface area (Å²) in [6.45, 7) is 2.12. The van der Waals surface area contributed by atoms with Crippen LogP contribution in [-0.4, -0.2) is 27.7 Å². The number of furan rings is 1. The molecule has 1 saturated heterocycles. The molecule has 1 aliphatic rings. The molecule has 7 heteroatoms. The first-order valence-electron chi connectivity index (χ1n) is 7.69. The summed E-state index contributed by atoms with van der Waals surface area (Å²) in [6.07, 6.45) is 5.69. The van der Waals surface area contributed by atoms with E-state index in [1.54, 1.807) is 6.26 Å². The van der Waals surface area contributed by atoms with E-state index < -0.39 is 0 Å². The topological polar surface area (TPSA) is 65.1 Å². The average molecular weight is 333 g/mol. The van der Waals surface area contributed by atoms with Crippen molar-refractivity contribution in [2.24, 2.45) is 0 Å². The van der Waals surface area contributed by atoms with Crippen molar-refractivity contribution in [1.82, 2.24) is 14.5 Å². The van der Waals surface area contributed by atoms with Gasteiger partial charge in [-0.25, -0.2) is 4.98 Å². The fourth-order valence-electron chi connectivity index (χ4n) is 2.98. The molecular weight excluding hydrogens is 316 g/mol. The van der Waals surface area contributed by atoms with Crippen LogP contribution in [0.15, 0.2) is 35.1 Å². The van der Waals surface area contributed by atoms with Gasteiger partial charge in [-0.05, 0) is 42.6 Å². The van der Waals surface area contributed by atoms with E-state index in [0.717, 1.165) is 48.7 Å².